The van der Waals surface area contributed by atoms with Crippen molar-refractivity contribution in [2.75, 3.05) is 33.3 Å². The number of benzene rings is 2. The van der Waals surface area contributed by atoms with Gasteiger partial charge in [0.15, 0.2) is 18.2 Å². The Labute approximate surface area is 191 Å². The summed E-state index contributed by atoms with van der Waals surface area (Å²) in [7, 11) is 1.66. The van der Waals surface area contributed by atoms with Crippen LogP contribution in [0.15, 0.2) is 60.8 Å². The van der Waals surface area contributed by atoms with Gasteiger partial charge in [-0.1, -0.05) is 24.3 Å². The molecule has 1 aliphatic heterocycles. The molecule has 1 fully saturated rings. The molecule has 0 bridgehead atoms. The first-order chi connectivity index (χ1) is 16.0. The van der Waals surface area contributed by atoms with E-state index in [2.05, 4.69) is 16.1 Å². The van der Waals surface area contributed by atoms with Crippen molar-refractivity contribution >= 4 is 11.6 Å². The van der Waals surface area contributed by atoms with Gasteiger partial charge in [0.1, 0.15) is 5.75 Å². The van der Waals surface area contributed by atoms with Crippen LogP contribution in [-0.4, -0.2) is 63.7 Å². The van der Waals surface area contributed by atoms with Crippen LogP contribution in [0.25, 0.3) is 0 Å². The maximum atomic E-state index is 12.9. The number of carbonyl (C=O) groups is 1. The Morgan fingerprint density at radius 2 is 1.88 bits per heavy atom. The molecule has 0 unspecified atom stereocenters. The summed E-state index contributed by atoms with van der Waals surface area (Å²) in [6.07, 6.45) is 1.63. The Balaban J connectivity index is 1.29. The van der Waals surface area contributed by atoms with E-state index in [-0.39, 0.29) is 24.1 Å². The second-order valence-corrected chi connectivity index (χ2v) is 7.66. The summed E-state index contributed by atoms with van der Waals surface area (Å²) >= 11 is 0. The minimum Gasteiger partial charge on any atom is -0.497 e. The first kappa shape index (κ1) is 22.3. The molecule has 10 heteroatoms. The standard InChI is InChI=1S/C23H25N5O5/c1-32-19-6-4-5-18(15-19)16-25-11-13-26(14-12-25)23(29)20-9-10-27(24-20)17-33-22-8-3-2-7-21(22)28(30)31/h2-10,15H,11-14,16-17H2,1H3. The van der Waals surface area contributed by atoms with Crippen LogP contribution in [0.3, 0.4) is 0 Å². The van der Waals surface area contributed by atoms with Crippen LogP contribution in [0, 0.1) is 10.1 Å². The summed E-state index contributed by atoms with van der Waals surface area (Å²) in [5.74, 6) is 0.848. The molecule has 0 N–H and O–H groups in total. The fourth-order valence-corrected chi connectivity index (χ4v) is 3.71. The molecule has 33 heavy (non-hydrogen) atoms. The summed E-state index contributed by atoms with van der Waals surface area (Å²) in [6.45, 7) is 3.53. The van der Waals surface area contributed by atoms with E-state index in [0.717, 1.165) is 25.4 Å². The van der Waals surface area contributed by atoms with Gasteiger partial charge in [-0.05, 0) is 29.8 Å². The average Bonchev–Trinajstić information content (AvgIpc) is 3.32. The maximum absolute atomic E-state index is 12.9. The second-order valence-electron chi connectivity index (χ2n) is 7.66. The molecule has 4 rings (SSSR count). The van der Waals surface area contributed by atoms with Gasteiger partial charge >= 0.3 is 5.69 Å². The number of aromatic nitrogens is 2. The Hall–Kier alpha value is -3.92. The lowest BCUT2D eigenvalue weighted by atomic mass is 10.2. The third-order valence-corrected chi connectivity index (χ3v) is 5.47. The van der Waals surface area contributed by atoms with E-state index in [1.807, 2.05) is 18.2 Å². The molecule has 1 aliphatic rings. The van der Waals surface area contributed by atoms with Crippen molar-refractivity contribution in [3.05, 3.63) is 82.2 Å². The topological polar surface area (TPSA) is 103 Å². The van der Waals surface area contributed by atoms with Crippen molar-refractivity contribution in [1.82, 2.24) is 19.6 Å². The fourth-order valence-electron chi connectivity index (χ4n) is 3.71. The summed E-state index contributed by atoms with van der Waals surface area (Å²) < 4.78 is 12.3. The van der Waals surface area contributed by atoms with Gasteiger partial charge in [-0.15, -0.1) is 0 Å². The smallest absolute Gasteiger partial charge is 0.311 e. The van der Waals surface area contributed by atoms with Crippen LogP contribution >= 0.6 is 0 Å². The number of nitro groups is 1. The third-order valence-electron chi connectivity index (χ3n) is 5.47. The molecule has 0 aliphatic carbocycles. The SMILES string of the molecule is COc1cccc(CN2CCN(C(=O)c3ccn(COc4ccccc4[N+](=O)[O-])n3)CC2)c1. The molecule has 1 aromatic heterocycles. The van der Waals surface area contributed by atoms with Gasteiger partial charge in [0.2, 0.25) is 0 Å². The average molecular weight is 451 g/mol. The van der Waals surface area contributed by atoms with Crippen molar-refractivity contribution in [3.8, 4) is 11.5 Å². The van der Waals surface area contributed by atoms with Gasteiger partial charge in [-0.3, -0.25) is 19.8 Å². The Kier molecular flexibility index (Phi) is 6.84. The summed E-state index contributed by atoms with van der Waals surface area (Å²) in [6, 6.07) is 15.8. The summed E-state index contributed by atoms with van der Waals surface area (Å²) in [5, 5.41) is 15.4. The number of carbonyl (C=O) groups excluding carboxylic acids is 1. The van der Waals surface area contributed by atoms with Crippen molar-refractivity contribution in [2.45, 2.75) is 13.3 Å². The molecule has 10 nitrogen and oxygen atoms in total. The minimum atomic E-state index is -0.499. The highest BCUT2D eigenvalue weighted by molar-refractivity contribution is 5.92. The molecule has 3 aromatic rings. The van der Waals surface area contributed by atoms with E-state index in [0.29, 0.717) is 18.8 Å². The van der Waals surface area contributed by atoms with Crippen LogP contribution < -0.4 is 9.47 Å². The number of hydrogen-bond donors (Lipinski definition) is 0. The van der Waals surface area contributed by atoms with Gasteiger partial charge in [0.05, 0.1) is 12.0 Å². The van der Waals surface area contributed by atoms with E-state index < -0.39 is 4.92 Å². The van der Waals surface area contributed by atoms with E-state index in [1.54, 1.807) is 36.4 Å². The van der Waals surface area contributed by atoms with Crippen LogP contribution in [0.2, 0.25) is 0 Å². The van der Waals surface area contributed by atoms with Crippen LogP contribution in [0.4, 0.5) is 5.69 Å². The van der Waals surface area contributed by atoms with Crippen molar-refractivity contribution in [1.29, 1.82) is 0 Å². The maximum Gasteiger partial charge on any atom is 0.311 e. The highest BCUT2D eigenvalue weighted by Crippen LogP contribution is 2.26. The zero-order chi connectivity index (χ0) is 23.2. The molecule has 172 valence electrons. The lowest BCUT2D eigenvalue weighted by molar-refractivity contribution is -0.386. The minimum absolute atomic E-state index is 0.0353. The molecule has 0 atom stereocenters. The van der Waals surface area contributed by atoms with E-state index in [1.165, 1.54) is 22.4 Å². The van der Waals surface area contributed by atoms with Gasteiger partial charge < -0.3 is 14.4 Å². The van der Waals surface area contributed by atoms with Crippen LogP contribution in [0.1, 0.15) is 16.1 Å². The number of amides is 1. The number of nitro benzene ring substituents is 1. The number of nitrogens with zero attached hydrogens (tertiary/aromatic N) is 5. The molecule has 0 radical (unpaired) electrons. The van der Waals surface area contributed by atoms with Crippen molar-refractivity contribution in [3.63, 3.8) is 0 Å². The Bertz CT molecular complexity index is 1120. The van der Waals surface area contributed by atoms with Crippen LogP contribution in [-0.2, 0) is 13.3 Å². The van der Waals surface area contributed by atoms with Gasteiger partial charge in [-0.2, -0.15) is 5.10 Å². The highest BCUT2D eigenvalue weighted by Gasteiger charge is 2.24. The Morgan fingerprint density at radius 1 is 1.09 bits per heavy atom. The molecule has 2 heterocycles. The third kappa shape index (κ3) is 5.47. The zero-order valence-electron chi connectivity index (χ0n) is 18.3. The molecule has 0 saturated carbocycles. The van der Waals surface area contributed by atoms with Gasteiger partial charge in [0.25, 0.3) is 5.91 Å². The van der Waals surface area contributed by atoms with Crippen LogP contribution in [0.5, 0.6) is 11.5 Å². The van der Waals surface area contributed by atoms with E-state index in [4.69, 9.17) is 9.47 Å². The number of methoxy groups -OCH3 is 1. The molecule has 0 spiro atoms. The number of hydrogen-bond acceptors (Lipinski definition) is 7. The number of rotatable bonds is 8. The fraction of sp³-hybridized carbons (Fsp3) is 0.304. The van der Waals surface area contributed by atoms with Gasteiger partial charge in [0, 0.05) is 45.0 Å². The van der Waals surface area contributed by atoms with E-state index in [9.17, 15) is 14.9 Å². The van der Waals surface area contributed by atoms with E-state index >= 15 is 0 Å². The molecular weight excluding hydrogens is 426 g/mol. The first-order valence-electron chi connectivity index (χ1n) is 10.6. The number of para-hydroxylation sites is 2. The molecule has 1 saturated heterocycles. The summed E-state index contributed by atoms with van der Waals surface area (Å²) in [5.41, 5.74) is 1.38. The molecule has 2 aromatic carbocycles. The van der Waals surface area contributed by atoms with Crippen molar-refractivity contribution in [2.24, 2.45) is 0 Å². The lowest BCUT2D eigenvalue weighted by Crippen LogP contribution is -2.48. The second kappa shape index (κ2) is 10.1. The monoisotopic (exact) mass is 451 g/mol. The predicted molar refractivity (Wildman–Crippen MR) is 120 cm³/mol. The first-order valence-corrected chi connectivity index (χ1v) is 10.6. The quantitative estimate of drug-likeness (QED) is 0.383. The zero-order valence-corrected chi connectivity index (χ0v) is 18.3. The number of ether oxygens (including phenoxy) is 2. The lowest BCUT2D eigenvalue weighted by Gasteiger charge is -2.34. The normalized spacial score (nSPS) is 14.2. The van der Waals surface area contributed by atoms with Gasteiger partial charge in [-0.25, -0.2) is 4.68 Å². The molecular formula is C23H25N5O5. The number of piperazine rings is 1. The molecule has 1 amide bonds. The Morgan fingerprint density at radius 3 is 2.64 bits per heavy atom. The highest BCUT2D eigenvalue weighted by atomic mass is 16.6. The predicted octanol–water partition coefficient (Wildman–Crippen LogP) is 2.79. The summed E-state index contributed by atoms with van der Waals surface area (Å²) in [4.78, 5) is 27.6. The van der Waals surface area contributed by atoms with Crippen molar-refractivity contribution < 1.29 is 19.2 Å². The largest absolute Gasteiger partial charge is 0.497 e.